The molecule has 0 N–H and O–H groups in total. The molecule has 1 aliphatic heterocycles. The van der Waals surface area contributed by atoms with Crippen molar-refractivity contribution in [3.8, 4) is 0 Å². The molecule has 1 atom stereocenters. The molecule has 0 aromatic carbocycles. The lowest BCUT2D eigenvalue weighted by Gasteiger charge is -2.59. The number of carbonyl (C=O) groups is 1. The largest absolute Gasteiger partial charge is 0.298 e. The van der Waals surface area contributed by atoms with Crippen molar-refractivity contribution in [1.82, 2.24) is 0 Å². The SMILES string of the molecule is CC1(C)N=NC2([S@]1=O)C(C)(C)C(=O)C2(C)C. The van der Waals surface area contributed by atoms with Crippen LogP contribution < -0.4 is 0 Å². The molecule has 2 aliphatic rings. The predicted octanol–water partition coefficient (Wildman–Crippen LogP) is 2.27. The maximum absolute atomic E-state index is 12.6. The molecule has 1 saturated carbocycles. The number of carbonyl (C=O) groups excluding carboxylic acids is 1. The van der Waals surface area contributed by atoms with Crippen LogP contribution in [-0.4, -0.2) is 19.7 Å². The number of hydrogen-bond donors (Lipinski definition) is 0. The molecular formula is C11H18N2O2S. The summed E-state index contributed by atoms with van der Waals surface area (Å²) >= 11 is 0. The van der Waals surface area contributed by atoms with E-state index in [1.54, 1.807) is 13.8 Å². The van der Waals surface area contributed by atoms with Gasteiger partial charge in [0, 0.05) is 0 Å². The summed E-state index contributed by atoms with van der Waals surface area (Å²) in [6.07, 6.45) is 0. The van der Waals surface area contributed by atoms with Crippen LogP contribution in [0.5, 0.6) is 0 Å². The van der Waals surface area contributed by atoms with Gasteiger partial charge >= 0.3 is 0 Å². The summed E-state index contributed by atoms with van der Waals surface area (Å²) in [5.74, 6) is 0.116. The van der Waals surface area contributed by atoms with Crippen molar-refractivity contribution in [2.75, 3.05) is 0 Å². The Bertz CT molecular complexity index is 417. The Kier molecular flexibility index (Phi) is 1.96. The van der Waals surface area contributed by atoms with Gasteiger partial charge in [0.05, 0.1) is 21.6 Å². The zero-order chi connectivity index (χ0) is 12.6. The van der Waals surface area contributed by atoms with E-state index in [1.807, 2.05) is 27.7 Å². The third kappa shape index (κ3) is 0.883. The fourth-order valence-corrected chi connectivity index (χ4v) is 5.21. The number of Topliss-reactive ketones (excluding diaryl/α,β-unsaturated/α-hetero) is 1. The van der Waals surface area contributed by atoms with E-state index in [1.165, 1.54) is 0 Å². The third-order valence-electron chi connectivity index (χ3n) is 3.98. The Hall–Kier alpha value is -0.580. The fourth-order valence-electron chi connectivity index (χ4n) is 3.15. The summed E-state index contributed by atoms with van der Waals surface area (Å²) in [7, 11) is -1.26. The number of nitrogens with zero attached hydrogens (tertiary/aromatic N) is 2. The van der Waals surface area contributed by atoms with Crippen LogP contribution in [0.15, 0.2) is 10.2 Å². The average molecular weight is 242 g/mol. The van der Waals surface area contributed by atoms with Crippen LogP contribution in [-0.2, 0) is 15.6 Å². The van der Waals surface area contributed by atoms with Crippen LogP contribution in [0.1, 0.15) is 41.5 Å². The second kappa shape index (κ2) is 2.63. The fraction of sp³-hybridized carbons (Fsp3) is 0.909. The normalized spacial score (nSPS) is 36.4. The van der Waals surface area contributed by atoms with E-state index in [-0.39, 0.29) is 5.78 Å². The van der Waals surface area contributed by atoms with Gasteiger partial charge in [0.25, 0.3) is 0 Å². The van der Waals surface area contributed by atoms with Crippen LogP contribution >= 0.6 is 0 Å². The van der Waals surface area contributed by atoms with Crippen LogP contribution in [0, 0.1) is 10.8 Å². The molecule has 0 unspecified atom stereocenters. The predicted molar refractivity (Wildman–Crippen MR) is 62.4 cm³/mol. The maximum Gasteiger partial charge on any atom is 0.182 e. The highest BCUT2D eigenvalue weighted by atomic mass is 32.2. The molecule has 0 aromatic heterocycles. The molecule has 1 aliphatic carbocycles. The molecule has 0 aromatic rings. The average Bonchev–Trinajstić information content (AvgIpc) is 2.39. The van der Waals surface area contributed by atoms with E-state index >= 15 is 0 Å². The number of rotatable bonds is 0. The maximum atomic E-state index is 12.6. The van der Waals surface area contributed by atoms with E-state index in [9.17, 15) is 9.00 Å². The molecule has 4 nitrogen and oxygen atoms in total. The van der Waals surface area contributed by atoms with Crippen molar-refractivity contribution < 1.29 is 9.00 Å². The first kappa shape index (κ1) is 11.9. The summed E-state index contributed by atoms with van der Waals surface area (Å²) in [4.78, 5) is 10.6. The van der Waals surface area contributed by atoms with E-state index in [2.05, 4.69) is 10.2 Å². The molecule has 1 fully saturated rings. The van der Waals surface area contributed by atoms with Gasteiger partial charge in [-0.15, -0.1) is 0 Å². The monoisotopic (exact) mass is 242 g/mol. The zero-order valence-electron chi connectivity index (χ0n) is 10.6. The Morgan fingerprint density at radius 2 is 1.38 bits per heavy atom. The van der Waals surface area contributed by atoms with Gasteiger partial charge < -0.3 is 0 Å². The molecule has 5 heteroatoms. The lowest BCUT2D eigenvalue weighted by molar-refractivity contribution is -0.159. The first-order chi connectivity index (χ1) is 7.02. The highest BCUT2D eigenvalue weighted by Crippen LogP contribution is 2.66. The standard InChI is InChI=1S/C11H18N2O2S/c1-8(2)7(14)9(3,4)11(8)13-12-10(5,6)16(11)15/h1-6H3/t16-/m0/s1. The van der Waals surface area contributed by atoms with E-state index in [0.29, 0.717) is 0 Å². The summed E-state index contributed by atoms with van der Waals surface area (Å²) in [6.45, 7) is 10.9. The van der Waals surface area contributed by atoms with Gasteiger partial charge in [-0.3, -0.25) is 9.00 Å². The first-order valence-electron chi connectivity index (χ1n) is 5.43. The molecular weight excluding hydrogens is 224 g/mol. The summed E-state index contributed by atoms with van der Waals surface area (Å²) in [5.41, 5.74) is -1.36. The molecule has 0 amide bonds. The summed E-state index contributed by atoms with van der Waals surface area (Å²) < 4.78 is 12.6. The van der Waals surface area contributed by atoms with E-state index in [4.69, 9.17) is 0 Å². The quantitative estimate of drug-likeness (QED) is 0.654. The van der Waals surface area contributed by atoms with E-state index < -0.39 is 31.4 Å². The van der Waals surface area contributed by atoms with Crippen LogP contribution in [0.4, 0.5) is 0 Å². The molecule has 0 radical (unpaired) electrons. The first-order valence-corrected chi connectivity index (χ1v) is 6.58. The highest BCUT2D eigenvalue weighted by molar-refractivity contribution is 7.88. The summed E-state index contributed by atoms with van der Waals surface area (Å²) in [6, 6.07) is 0. The third-order valence-corrected chi connectivity index (χ3v) is 6.61. The van der Waals surface area contributed by atoms with Crippen LogP contribution in [0.25, 0.3) is 0 Å². The molecule has 16 heavy (non-hydrogen) atoms. The second-order valence-electron chi connectivity index (χ2n) is 6.14. The van der Waals surface area contributed by atoms with E-state index in [0.717, 1.165) is 0 Å². The van der Waals surface area contributed by atoms with Gasteiger partial charge in [-0.1, -0.05) is 0 Å². The Morgan fingerprint density at radius 3 is 1.69 bits per heavy atom. The Morgan fingerprint density at radius 1 is 0.938 bits per heavy atom. The van der Waals surface area contributed by atoms with Crippen LogP contribution in [0.2, 0.25) is 0 Å². The second-order valence-corrected chi connectivity index (χ2v) is 8.27. The van der Waals surface area contributed by atoms with Gasteiger partial charge in [0.15, 0.2) is 15.5 Å². The summed E-state index contributed by atoms with van der Waals surface area (Å²) in [5, 5.41) is 8.39. The molecule has 1 spiro atoms. The minimum atomic E-state index is -1.26. The topological polar surface area (TPSA) is 58.9 Å². The van der Waals surface area contributed by atoms with Gasteiger partial charge in [0.1, 0.15) is 0 Å². The van der Waals surface area contributed by atoms with Crippen molar-refractivity contribution in [2.24, 2.45) is 21.1 Å². The number of ketones is 1. The van der Waals surface area contributed by atoms with Gasteiger partial charge in [-0.05, 0) is 41.5 Å². The smallest absolute Gasteiger partial charge is 0.182 e. The zero-order valence-corrected chi connectivity index (χ0v) is 11.4. The minimum Gasteiger partial charge on any atom is -0.298 e. The molecule has 90 valence electrons. The molecule has 0 bridgehead atoms. The lowest BCUT2D eigenvalue weighted by Crippen LogP contribution is -2.75. The van der Waals surface area contributed by atoms with Gasteiger partial charge in [-0.2, -0.15) is 10.2 Å². The van der Waals surface area contributed by atoms with Crippen LogP contribution in [0.3, 0.4) is 0 Å². The number of azo groups is 1. The van der Waals surface area contributed by atoms with Crippen molar-refractivity contribution >= 4 is 16.6 Å². The molecule has 2 rings (SSSR count). The molecule has 0 saturated heterocycles. The lowest BCUT2D eigenvalue weighted by atomic mass is 9.50. The van der Waals surface area contributed by atoms with Crippen molar-refractivity contribution in [1.29, 1.82) is 0 Å². The van der Waals surface area contributed by atoms with Crippen molar-refractivity contribution in [3.63, 3.8) is 0 Å². The van der Waals surface area contributed by atoms with Gasteiger partial charge in [-0.25, -0.2) is 0 Å². The van der Waals surface area contributed by atoms with Crippen molar-refractivity contribution in [3.05, 3.63) is 0 Å². The van der Waals surface area contributed by atoms with Gasteiger partial charge in [0.2, 0.25) is 0 Å². The highest BCUT2D eigenvalue weighted by Gasteiger charge is 2.79. The number of hydrogen-bond acceptors (Lipinski definition) is 4. The van der Waals surface area contributed by atoms with Crippen molar-refractivity contribution in [2.45, 2.75) is 51.3 Å². The minimum absolute atomic E-state index is 0.116. The Labute approximate surface area is 98.4 Å². The molecule has 1 heterocycles. The Balaban J connectivity index is 2.62.